The summed E-state index contributed by atoms with van der Waals surface area (Å²) in [5, 5.41) is 11.6. The van der Waals surface area contributed by atoms with E-state index in [1.165, 1.54) is 12.1 Å². The molecule has 1 aliphatic rings. The molecule has 0 spiro atoms. The Hall–Kier alpha value is -2.51. The van der Waals surface area contributed by atoms with Crippen LogP contribution in [0.25, 0.3) is 0 Å². The Kier molecular flexibility index (Phi) is 4.46. The fraction of sp³-hybridized carbons (Fsp3) is 0.316. The van der Waals surface area contributed by atoms with E-state index in [9.17, 15) is 14.9 Å². The van der Waals surface area contributed by atoms with Gasteiger partial charge in [-0.1, -0.05) is 36.4 Å². The molecule has 1 saturated heterocycles. The van der Waals surface area contributed by atoms with Crippen molar-refractivity contribution >= 4 is 24.1 Å². The minimum absolute atomic E-state index is 0.0430. The van der Waals surface area contributed by atoms with E-state index in [2.05, 4.69) is 0 Å². The van der Waals surface area contributed by atoms with Crippen LogP contribution in [0.1, 0.15) is 43.6 Å². The van der Waals surface area contributed by atoms with Gasteiger partial charge in [0.25, 0.3) is 5.69 Å². The number of ketones is 1. The highest BCUT2D eigenvalue weighted by molar-refractivity contribution is 6.62. The molecular weight excluding hydrogens is 333 g/mol. The first-order chi connectivity index (χ1) is 12.1. The van der Waals surface area contributed by atoms with Gasteiger partial charge in [-0.2, -0.15) is 0 Å². The molecule has 2 aromatic rings. The Balaban J connectivity index is 1.99. The van der Waals surface area contributed by atoms with Crippen LogP contribution in [0.15, 0.2) is 48.5 Å². The van der Waals surface area contributed by atoms with Gasteiger partial charge in [0.15, 0.2) is 5.78 Å². The smallest absolute Gasteiger partial charge is 0.399 e. The molecule has 0 amide bonds. The molecule has 1 aliphatic heterocycles. The molecule has 26 heavy (non-hydrogen) atoms. The Morgan fingerprint density at radius 3 is 2.12 bits per heavy atom. The largest absolute Gasteiger partial charge is 0.495 e. The van der Waals surface area contributed by atoms with E-state index in [4.69, 9.17) is 9.31 Å². The molecule has 3 rings (SSSR count). The Labute approximate surface area is 152 Å². The summed E-state index contributed by atoms with van der Waals surface area (Å²) in [4.78, 5) is 23.6. The molecular formula is C19H20BNO5. The van der Waals surface area contributed by atoms with Crippen LogP contribution < -0.4 is 5.46 Å². The maximum Gasteiger partial charge on any atom is 0.495 e. The quantitative estimate of drug-likeness (QED) is 0.365. The molecule has 1 heterocycles. The van der Waals surface area contributed by atoms with Crippen LogP contribution in [0.3, 0.4) is 0 Å². The maximum absolute atomic E-state index is 12.6. The number of nitro groups is 1. The summed E-state index contributed by atoms with van der Waals surface area (Å²) >= 11 is 0. The monoisotopic (exact) mass is 353 g/mol. The summed E-state index contributed by atoms with van der Waals surface area (Å²) in [6.45, 7) is 7.65. The molecule has 0 aliphatic carbocycles. The van der Waals surface area contributed by atoms with Crippen LogP contribution in [-0.4, -0.2) is 29.0 Å². The minimum Gasteiger partial charge on any atom is -0.399 e. The number of nitro benzene ring substituents is 1. The summed E-state index contributed by atoms with van der Waals surface area (Å²) < 4.78 is 11.9. The second-order valence-corrected chi connectivity index (χ2v) is 7.32. The van der Waals surface area contributed by atoms with Gasteiger partial charge in [0.1, 0.15) is 5.56 Å². The third-order valence-electron chi connectivity index (χ3n) is 5.02. The van der Waals surface area contributed by atoms with Gasteiger partial charge in [-0.25, -0.2) is 0 Å². The predicted molar refractivity (Wildman–Crippen MR) is 98.7 cm³/mol. The summed E-state index contributed by atoms with van der Waals surface area (Å²) in [6, 6.07) is 13.0. The van der Waals surface area contributed by atoms with Crippen LogP contribution in [0, 0.1) is 10.1 Å². The van der Waals surface area contributed by atoms with E-state index in [1.807, 2.05) is 27.7 Å². The standard InChI is InChI=1S/C19H20BNO5/c1-18(2)19(3,4)26-20(25-18)14-10-11-15(16(12-14)21(23)24)17(22)13-8-6-5-7-9-13/h5-12H,1-4H3. The van der Waals surface area contributed by atoms with Crippen LogP contribution in [-0.2, 0) is 9.31 Å². The molecule has 134 valence electrons. The van der Waals surface area contributed by atoms with Crippen LogP contribution in [0.5, 0.6) is 0 Å². The van der Waals surface area contributed by atoms with Crippen molar-refractivity contribution in [1.82, 2.24) is 0 Å². The lowest BCUT2D eigenvalue weighted by Gasteiger charge is -2.32. The average Bonchev–Trinajstić information content (AvgIpc) is 2.82. The number of benzene rings is 2. The number of hydrogen-bond donors (Lipinski definition) is 0. The Morgan fingerprint density at radius 2 is 1.58 bits per heavy atom. The molecule has 0 saturated carbocycles. The van der Waals surface area contributed by atoms with Crippen LogP contribution in [0.2, 0.25) is 0 Å². The molecule has 0 radical (unpaired) electrons. The summed E-state index contributed by atoms with van der Waals surface area (Å²) in [7, 11) is -0.723. The SMILES string of the molecule is CC1(C)OB(c2ccc(C(=O)c3ccccc3)c([N+](=O)[O-])c2)OC1(C)C. The molecule has 1 fully saturated rings. The van der Waals surface area contributed by atoms with Crippen molar-refractivity contribution in [2.45, 2.75) is 38.9 Å². The van der Waals surface area contributed by atoms with Crippen molar-refractivity contribution in [3.8, 4) is 0 Å². The zero-order valence-corrected chi connectivity index (χ0v) is 15.2. The first-order valence-corrected chi connectivity index (χ1v) is 8.36. The van der Waals surface area contributed by atoms with Crippen molar-refractivity contribution in [1.29, 1.82) is 0 Å². The lowest BCUT2D eigenvalue weighted by atomic mass is 9.78. The average molecular weight is 353 g/mol. The molecule has 0 bridgehead atoms. The Bertz CT molecular complexity index is 847. The zero-order chi connectivity index (χ0) is 19.1. The highest BCUT2D eigenvalue weighted by Crippen LogP contribution is 2.36. The molecule has 2 aromatic carbocycles. The lowest BCUT2D eigenvalue weighted by Crippen LogP contribution is -2.41. The molecule has 0 N–H and O–H groups in total. The van der Waals surface area contributed by atoms with E-state index in [0.717, 1.165) is 0 Å². The number of rotatable bonds is 4. The van der Waals surface area contributed by atoms with Crippen LogP contribution >= 0.6 is 0 Å². The van der Waals surface area contributed by atoms with Gasteiger partial charge in [0, 0.05) is 11.6 Å². The van der Waals surface area contributed by atoms with E-state index in [1.54, 1.807) is 36.4 Å². The molecule has 0 unspecified atom stereocenters. The second-order valence-electron chi connectivity index (χ2n) is 7.32. The summed E-state index contributed by atoms with van der Waals surface area (Å²) in [6.07, 6.45) is 0. The van der Waals surface area contributed by atoms with Crippen LogP contribution in [0.4, 0.5) is 5.69 Å². The van der Waals surface area contributed by atoms with Crippen molar-refractivity contribution in [3.63, 3.8) is 0 Å². The number of carbonyl (C=O) groups excluding carboxylic acids is 1. The molecule has 7 heteroatoms. The Morgan fingerprint density at radius 1 is 1.00 bits per heavy atom. The topological polar surface area (TPSA) is 78.7 Å². The van der Waals surface area contributed by atoms with Gasteiger partial charge >= 0.3 is 7.12 Å². The molecule has 0 atom stereocenters. The number of nitrogens with zero attached hydrogens (tertiary/aromatic N) is 1. The minimum atomic E-state index is -0.723. The van der Waals surface area contributed by atoms with Crippen molar-refractivity contribution < 1.29 is 19.0 Å². The van der Waals surface area contributed by atoms with Gasteiger partial charge < -0.3 is 9.31 Å². The number of carbonyl (C=O) groups is 1. The van der Waals surface area contributed by atoms with Gasteiger partial charge in [0.05, 0.1) is 16.1 Å². The zero-order valence-electron chi connectivity index (χ0n) is 15.2. The lowest BCUT2D eigenvalue weighted by molar-refractivity contribution is -0.385. The van der Waals surface area contributed by atoms with Crippen molar-refractivity contribution in [2.24, 2.45) is 0 Å². The first kappa shape index (κ1) is 18.3. The van der Waals surface area contributed by atoms with Gasteiger partial charge in [-0.3, -0.25) is 14.9 Å². The van der Waals surface area contributed by atoms with Crippen molar-refractivity contribution in [2.75, 3.05) is 0 Å². The highest BCUT2D eigenvalue weighted by atomic mass is 16.7. The fourth-order valence-corrected chi connectivity index (χ4v) is 2.76. The van der Waals surface area contributed by atoms with Gasteiger partial charge in [-0.15, -0.1) is 0 Å². The van der Waals surface area contributed by atoms with Gasteiger partial charge in [0.2, 0.25) is 0 Å². The van der Waals surface area contributed by atoms with E-state index >= 15 is 0 Å². The predicted octanol–water partition coefficient (Wildman–Crippen LogP) is 3.13. The van der Waals surface area contributed by atoms with E-state index in [0.29, 0.717) is 11.0 Å². The maximum atomic E-state index is 12.6. The number of hydrogen-bond acceptors (Lipinski definition) is 5. The third kappa shape index (κ3) is 3.16. The normalized spacial score (nSPS) is 17.9. The molecule has 6 nitrogen and oxygen atoms in total. The van der Waals surface area contributed by atoms with Gasteiger partial charge in [-0.05, 0) is 39.2 Å². The summed E-state index contributed by atoms with van der Waals surface area (Å²) in [5.74, 6) is -0.391. The molecule has 0 aromatic heterocycles. The van der Waals surface area contributed by atoms with E-state index in [-0.39, 0.29) is 11.3 Å². The third-order valence-corrected chi connectivity index (χ3v) is 5.02. The van der Waals surface area contributed by atoms with E-state index < -0.39 is 29.0 Å². The summed E-state index contributed by atoms with van der Waals surface area (Å²) in [5.41, 5.74) is -0.401. The first-order valence-electron chi connectivity index (χ1n) is 8.36. The second kappa shape index (κ2) is 6.34. The highest BCUT2D eigenvalue weighted by Gasteiger charge is 2.52. The van der Waals surface area contributed by atoms with Crippen molar-refractivity contribution in [3.05, 3.63) is 69.8 Å². The fourth-order valence-electron chi connectivity index (χ4n) is 2.76.